The molecule has 0 bridgehead atoms. The van der Waals surface area contributed by atoms with Crippen LogP contribution in [0.15, 0.2) is 24.3 Å². The van der Waals surface area contributed by atoms with E-state index in [2.05, 4.69) is 0 Å². The average Bonchev–Trinajstić information content (AvgIpc) is 2.56. The maximum Gasteiger partial charge on any atom is 0.241 e. The normalized spacial score (nSPS) is 24.6. The van der Waals surface area contributed by atoms with Gasteiger partial charge in [0.1, 0.15) is 0 Å². The molecule has 0 spiro atoms. The second-order valence-electron chi connectivity index (χ2n) is 3.39. The zero-order valence-corrected chi connectivity index (χ0v) is 7.84. The third-order valence-corrected chi connectivity index (χ3v) is 2.68. The lowest BCUT2D eigenvalue weighted by molar-refractivity contribution is -0.529. The maximum absolute atomic E-state index is 10.8. The number of nitrogens with zero attached hydrogens (tertiary/aromatic N) is 1. The van der Waals surface area contributed by atoms with Gasteiger partial charge in [-0.3, -0.25) is 10.1 Å². The Bertz CT molecular complexity index is 364. The van der Waals surface area contributed by atoms with Crippen molar-refractivity contribution in [2.24, 2.45) is 0 Å². The van der Waals surface area contributed by atoms with Crippen molar-refractivity contribution < 1.29 is 9.66 Å². The summed E-state index contributed by atoms with van der Waals surface area (Å²) in [5.74, 6) is 0. The van der Waals surface area contributed by atoms with E-state index >= 15 is 0 Å². The van der Waals surface area contributed by atoms with Gasteiger partial charge in [-0.15, -0.1) is 0 Å². The van der Waals surface area contributed by atoms with Crippen LogP contribution in [0.4, 0.5) is 0 Å². The zero-order chi connectivity index (χ0) is 10.1. The summed E-state index contributed by atoms with van der Waals surface area (Å²) >= 11 is 0. The molecule has 0 heterocycles. The summed E-state index contributed by atoms with van der Waals surface area (Å²) in [5, 5.41) is 10.8. The van der Waals surface area contributed by atoms with Gasteiger partial charge in [0.05, 0.1) is 12.5 Å². The Morgan fingerprint density at radius 1 is 1.43 bits per heavy atom. The zero-order valence-electron chi connectivity index (χ0n) is 7.84. The molecule has 0 aromatic heterocycles. The molecule has 0 saturated heterocycles. The molecule has 1 aromatic carbocycles. The Labute approximate surface area is 81.7 Å². The first-order valence-corrected chi connectivity index (χ1v) is 4.49. The number of benzene rings is 1. The summed E-state index contributed by atoms with van der Waals surface area (Å²) in [7, 11) is 1.59. The highest BCUT2D eigenvalue weighted by molar-refractivity contribution is 5.35. The molecule has 1 aromatic rings. The quantitative estimate of drug-likeness (QED) is 0.533. The molecule has 2 rings (SSSR count). The summed E-state index contributed by atoms with van der Waals surface area (Å²) in [6.07, 6.45) is 0.324. The predicted molar refractivity (Wildman–Crippen MR) is 50.5 cm³/mol. The van der Waals surface area contributed by atoms with Gasteiger partial charge in [-0.25, -0.2) is 0 Å². The first kappa shape index (κ1) is 9.15. The molecule has 0 amide bonds. The molecule has 1 aliphatic rings. The van der Waals surface area contributed by atoms with Gasteiger partial charge in [0.2, 0.25) is 6.04 Å². The Morgan fingerprint density at radius 2 is 2.07 bits per heavy atom. The van der Waals surface area contributed by atoms with E-state index in [9.17, 15) is 10.1 Å². The average molecular weight is 193 g/mol. The fraction of sp³-hybridized carbons (Fsp3) is 0.400. The van der Waals surface area contributed by atoms with Gasteiger partial charge < -0.3 is 4.74 Å². The van der Waals surface area contributed by atoms with Crippen LogP contribution in [0.1, 0.15) is 29.7 Å². The summed E-state index contributed by atoms with van der Waals surface area (Å²) in [6.45, 7) is 0. The number of rotatable bonds is 2. The summed E-state index contributed by atoms with van der Waals surface area (Å²) in [4.78, 5) is 10.5. The highest BCUT2D eigenvalue weighted by Gasteiger charge is 2.38. The van der Waals surface area contributed by atoms with Crippen LogP contribution in [0.3, 0.4) is 0 Å². The first-order valence-electron chi connectivity index (χ1n) is 4.49. The van der Waals surface area contributed by atoms with Gasteiger partial charge in [-0.2, -0.15) is 0 Å². The number of hydrogen-bond donors (Lipinski definition) is 0. The van der Waals surface area contributed by atoms with Crippen molar-refractivity contribution in [2.75, 3.05) is 7.11 Å². The molecule has 74 valence electrons. The molecule has 2 atom stereocenters. The molecule has 0 fully saturated rings. The van der Waals surface area contributed by atoms with Crippen molar-refractivity contribution in [3.05, 3.63) is 45.5 Å². The fourth-order valence-electron chi connectivity index (χ4n) is 1.99. The van der Waals surface area contributed by atoms with Gasteiger partial charge in [-0.1, -0.05) is 24.3 Å². The monoisotopic (exact) mass is 193 g/mol. The van der Waals surface area contributed by atoms with E-state index in [1.54, 1.807) is 7.11 Å². The molecule has 14 heavy (non-hydrogen) atoms. The van der Waals surface area contributed by atoms with Crippen molar-refractivity contribution >= 4 is 0 Å². The van der Waals surface area contributed by atoms with Crippen LogP contribution in [-0.4, -0.2) is 12.0 Å². The molecule has 0 saturated carbocycles. The van der Waals surface area contributed by atoms with Crippen molar-refractivity contribution in [3.63, 3.8) is 0 Å². The Hall–Kier alpha value is -1.42. The second-order valence-corrected chi connectivity index (χ2v) is 3.39. The number of methoxy groups -OCH3 is 1. The van der Waals surface area contributed by atoms with Crippen LogP contribution in [0.5, 0.6) is 0 Å². The van der Waals surface area contributed by atoms with Gasteiger partial charge in [0, 0.05) is 17.6 Å². The number of ether oxygens (including phenoxy) is 1. The summed E-state index contributed by atoms with van der Waals surface area (Å²) < 4.78 is 5.21. The smallest absolute Gasteiger partial charge is 0.241 e. The number of hydrogen-bond acceptors (Lipinski definition) is 3. The van der Waals surface area contributed by atoms with Crippen molar-refractivity contribution in [2.45, 2.75) is 18.6 Å². The van der Waals surface area contributed by atoms with Crippen LogP contribution < -0.4 is 0 Å². The minimum atomic E-state index is -0.601. The molecular weight excluding hydrogens is 182 g/mol. The van der Waals surface area contributed by atoms with E-state index in [0.29, 0.717) is 6.42 Å². The molecule has 4 nitrogen and oxygen atoms in total. The summed E-state index contributed by atoms with van der Waals surface area (Å²) in [6, 6.07) is 6.81. The third-order valence-electron chi connectivity index (χ3n) is 2.68. The summed E-state index contributed by atoms with van der Waals surface area (Å²) in [5.41, 5.74) is 1.75. The fourth-order valence-corrected chi connectivity index (χ4v) is 1.99. The van der Waals surface area contributed by atoms with Crippen LogP contribution in [0.2, 0.25) is 0 Å². The van der Waals surface area contributed by atoms with E-state index < -0.39 is 6.04 Å². The first-order chi connectivity index (χ1) is 6.74. The van der Waals surface area contributed by atoms with Gasteiger partial charge in [0.25, 0.3) is 0 Å². The molecular formula is C10H11NO3. The van der Waals surface area contributed by atoms with Crippen molar-refractivity contribution in [1.82, 2.24) is 0 Å². The van der Waals surface area contributed by atoms with E-state index in [1.165, 1.54) is 0 Å². The Balaban J connectivity index is 2.43. The molecule has 0 N–H and O–H groups in total. The van der Waals surface area contributed by atoms with Crippen LogP contribution in [-0.2, 0) is 4.74 Å². The number of nitro groups is 1. The molecule has 0 radical (unpaired) electrons. The maximum atomic E-state index is 10.8. The van der Waals surface area contributed by atoms with E-state index in [1.807, 2.05) is 24.3 Å². The molecule has 2 unspecified atom stereocenters. The van der Waals surface area contributed by atoms with Crippen molar-refractivity contribution in [1.29, 1.82) is 0 Å². The lowest BCUT2D eigenvalue weighted by Crippen LogP contribution is -2.06. The standard InChI is InChI=1S/C10H11NO3/c1-14-10-6-9(11(12)13)7-4-2-3-5-8(7)10/h2-5,9-10H,6H2,1H3. The van der Waals surface area contributed by atoms with E-state index in [4.69, 9.17) is 4.74 Å². The topological polar surface area (TPSA) is 52.4 Å². The lowest BCUT2D eigenvalue weighted by atomic mass is 10.1. The second kappa shape index (κ2) is 3.38. The Kier molecular flexibility index (Phi) is 2.21. The van der Waals surface area contributed by atoms with Crippen molar-refractivity contribution in [3.8, 4) is 0 Å². The van der Waals surface area contributed by atoms with Gasteiger partial charge in [0.15, 0.2) is 0 Å². The van der Waals surface area contributed by atoms with Crippen LogP contribution in [0.25, 0.3) is 0 Å². The largest absolute Gasteiger partial charge is 0.376 e. The molecule has 4 heteroatoms. The molecule has 1 aliphatic carbocycles. The van der Waals surface area contributed by atoms with Gasteiger partial charge in [-0.05, 0) is 5.56 Å². The Morgan fingerprint density at radius 3 is 2.64 bits per heavy atom. The highest BCUT2D eigenvalue weighted by atomic mass is 16.6. The predicted octanol–water partition coefficient (Wildman–Crippen LogP) is 2.10. The lowest BCUT2D eigenvalue weighted by Gasteiger charge is -2.06. The highest BCUT2D eigenvalue weighted by Crippen LogP contribution is 2.41. The molecule has 0 aliphatic heterocycles. The van der Waals surface area contributed by atoms with E-state index in [0.717, 1.165) is 11.1 Å². The minimum Gasteiger partial charge on any atom is -0.376 e. The van der Waals surface area contributed by atoms with Crippen LogP contribution in [0, 0.1) is 10.1 Å². The van der Waals surface area contributed by atoms with E-state index in [-0.39, 0.29) is 11.0 Å². The number of fused-ring (bicyclic) bond motifs is 1. The van der Waals surface area contributed by atoms with Crippen LogP contribution >= 0.6 is 0 Å². The minimum absolute atomic E-state index is 0.124. The van der Waals surface area contributed by atoms with Gasteiger partial charge >= 0.3 is 0 Å². The third kappa shape index (κ3) is 1.28. The SMILES string of the molecule is COC1CC([N+](=O)[O-])c2ccccc21.